The van der Waals surface area contributed by atoms with Gasteiger partial charge >= 0.3 is 0 Å². The molecule has 2 fully saturated rings. The fraction of sp³-hybridized carbons (Fsp3) is 0.789. The SMILES string of the molecule is Cc1nc2c(s1)[C@H](N(C)CN1C(=O)[C@@H]3CCCCCC[C@@H]31)CCC2. The zero-order chi connectivity index (χ0) is 16.7. The molecule has 1 aromatic rings. The van der Waals surface area contributed by atoms with Gasteiger partial charge in [-0.15, -0.1) is 11.3 Å². The lowest BCUT2D eigenvalue weighted by Crippen LogP contribution is -2.63. The molecule has 4 nitrogen and oxygen atoms in total. The second kappa shape index (κ2) is 6.75. The van der Waals surface area contributed by atoms with Crippen LogP contribution in [0.25, 0.3) is 0 Å². The topological polar surface area (TPSA) is 36.4 Å². The summed E-state index contributed by atoms with van der Waals surface area (Å²) in [6, 6.07) is 0.951. The van der Waals surface area contributed by atoms with E-state index in [0.29, 0.717) is 23.9 Å². The van der Waals surface area contributed by atoms with Crippen molar-refractivity contribution in [2.45, 2.75) is 76.8 Å². The van der Waals surface area contributed by atoms with Crippen LogP contribution < -0.4 is 0 Å². The fourth-order valence-electron chi connectivity index (χ4n) is 4.87. The molecule has 0 unspecified atom stereocenters. The normalized spacial score (nSPS) is 30.4. The molecule has 0 spiro atoms. The van der Waals surface area contributed by atoms with Crippen LogP contribution >= 0.6 is 11.3 Å². The number of carbonyl (C=O) groups is 1. The van der Waals surface area contributed by atoms with Crippen molar-refractivity contribution >= 4 is 17.2 Å². The number of rotatable bonds is 3. The average molecular weight is 348 g/mol. The van der Waals surface area contributed by atoms with Crippen molar-refractivity contribution in [2.75, 3.05) is 13.7 Å². The van der Waals surface area contributed by atoms with Gasteiger partial charge in [-0.1, -0.05) is 25.7 Å². The number of hydrogen-bond acceptors (Lipinski definition) is 4. The minimum Gasteiger partial charge on any atom is -0.326 e. The maximum atomic E-state index is 12.6. The molecule has 1 amide bonds. The molecule has 2 heterocycles. The number of hydrogen-bond donors (Lipinski definition) is 0. The van der Waals surface area contributed by atoms with Gasteiger partial charge in [-0.05, 0) is 46.1 Å². The van der Waals surface area contributed by atoms with E-state index in [4.69, 9.17) is 4.98 Å². The first-order valence-electron chi connectivity index (χ1n) is 9.62. The largest absolute Gasteiger partial charge is 0.326 e. The van der Waals surface area contributed by atoms with Crippen molar-refractivity contribution in [3.63, 3.8) is 0 Å². The molecule has 1 aromatic heterocycles. The highest BCUT2D eigenvalue weighted by molar-refractivity contribution is 7.11. The minimum atomic E-state index is 0.325. The van der Waals surface area contributed by atoms with Gasteiger partial charge in [0.25, 0.3) is 0 Å². The number of thiazole rings is 1. The van der Waals surface area contributed by atoms with E-state index in [2.05, 4.69) is 23.8 Å². The molecule has 0 aromatic carbocycles. The van der Waals surface area contributed by atoms with E-state index in [0.717, 1.165) is 19.5 Å². The molecule has 0 N–H and O–H groups in total. The van der Waals surface area contributed by atoms with Crippen molar-refractivity contribution < 1.29 is 4.79 Å². The summed E-state index contributed by atoms with van der Waals surface area (Å²) in [7, 11) is 2.19. The monoisotopic (exact) mass is 347 g/mol. The summed E-state index contributed by atoms with van der Waals surface area (Å²) in [5, 5.41) is 1.18. The zero-order valence-corrected chi connectivity index (χ0v) is 15.8. The smallest absolute Gasteiger partial charge is 0.229 e. The number of aryl methyl sites for hydroxylation is 2. The number of carbonyl (C=O) groups excluding carboxylic acids is 1. The molecule has 2 aliphatic carbocycles. The summed E-state index contributed by atoms with van der Waals surface area (Å²) >= 11 is 1.85. The number of likely N-dealkylation sites (tertiary alicyclic amines) is 1. The number of nitrogens with zero attached hydrogens (tertiary/aromatic N) is 3. The Morgan fingerprint density at radius 2 is 1.96 bits per heavy atom. The van der Waals surface area contributed by atoms with E-state index in [-0.39, 0.29) is 0 Å². The Morgan fingerprint density at radius 3 is 2.79 bits per heavy atom. The highest BCUT2D eigenvalue weighted by Crippen LogP contribution is 2.40. The van der Waals surface area contributed by atoms with E-state index >= 15 is 0 Å². The van der Waals surface area contributed by atoms with Crippen molar-refractivity contribution in [1.82, 2.24) is 14.8 Å². The Bertz CT molecular complexity index is 614. The molecule has 3 atom stereocenters. The number of fused-ring (bicyclic) bond motifs is 2. The summed E-state index contributed by atoms with van der Waals surface area (Å²) in [6.45, 7) is 2.90. The summed E-state index contributed by atoms with van der Waals surface area (Å²) in [5.74, 6) is 0.733. The molecule has 1 saturated carbocycles. The molecule has 0 bridgehead atoms. The third kappa shape index (κ3) is 2.90. The minimum absolute atomic E-state index is 0.325. The van der Waals surface area contributed by atoms with Crippen LogP contribution in [0.4, 0.5) is 0 Å². The summed E-state index contributed by atoms with van der Waals surface area (Å²) < 4.78 is 0. The van der Waals surface area contributed by atoms with E-state index in [9.17, 15) is 4.79 Å². The zero-order valence-electron chi connectivity index (χ0n) is 15.0. The third-order valence-corrected chi connectivity index (χ3v) is 7.28. The van der Waals surface area contributed by atoms with Gasteiger partial charge in [-0.2, -0.15) is 0 Å². The van der Waals surface area contributed by atoms with Crippen LogP contribution in [0.3, 0.4) is 0 Å². The molecule has 24 heavy (non-hydrogen) atoms. The highest BCUT2D eigenvalue weighted by atomic mass is 32.1. The van der Waals surface area contributed by atoms with Gasteiger partial charge in [-0.25, -0.2) is 4.98 Å². The Morgan fingerprint density at radius 1 is 1.17 bits per heavy atom. The molecule has 3 aliphatic rings. The van der Waals surface area contributed by atoms with Gasteiger partial charge < -0.3 is 4.90 Å². The average Bonchev–Trinajstić information content (AvgIpc) is 2.93. The number of β-lactam (4-membered cyclic amide) rings is 1. The lowest BCUT2D eigenvalue weighted by molar-refractivity contribution is -0.162. The van der Waals surface area contributed by atoms with Gasteiger partial charge in [0.1, 0.15) is 0 Å². The van der Waals surface area contributed by atoms with E-state index in [1.807, 2.05) is 11.3 Å². The maximum Gasteiger partial charge on any atom is 0.229 e. The van der Waals surface area contributed by atoms with Crippen LogP contribution in [-0.2, 0) is 11.2 Å². The number of aromatic nitrogens is 1. The second-order valence-corrected chi connectivity index (χ2v) is 9.06. The van der Waals surface area contributed by atoms with Gasteiger partial charge in [0, 0.05) is 17.0 Å². The second-order valence-electron chi connectivity index (χ2n) is 7.82. The van der Waals surface area contributed by atoms with Crippen molar-refractivity contribution in [2.24, 2.45) is 5.92 Å². The standard InChI is InChI=1S/C19H29N3OS/c1-13-20-15-9-7-11-17(18(15)24-13)21(2)12-22-16-10-6-4-3-5-8-14(16)19(22)23/h14,16-17H,3-12H2,1-2H3/t14-,16+,17-/m1/s1. The van der Waals surface area contributed by atoms with Crippen LogP contribution in [0.2, 0.25) is 0 Å². The van der Waals surface area contributed by atoms with Crippen LogP contribution in [0.5, 0.6) is 0 Å². The van der Waals surface area contributed by atoms with Crippen molar-refractivity contribution in [3.05, 3.63) is 15.6 Å². The fourth-order valence-corrected chi connectivity index (χ4v) is 6.05. The van der Waals surface area contributed by atoms with Gasteiger partial charge in [-0.3, -0.25) is 9.69 Å². The Balaban J connectivity index is 1.44. The van der Waals surface area contributed by atoms with Crippen molar-refractivity contribution in [3.8, 4) is 0 Å². The summed E-state index contributed by atoms with van der Waals surface area (Å²) in [6.07, 6.45) is 11.0. The van der Waals surface area contributed by atoms with Crippen LogP contribution in [0, 0.1) is 12.8 Å². The lowest BCUT2D eigenvalue weighted by atomic mass is 9.78. The van der Waals surface area contributed by atoms with Crippen LogP contribution in [0.1, 0.15) is 73.0 Å². The molecule has 4 rings (SSSR count). The summed E-state index contributed by atoms with van der Waals surface area (Å²) in [5.41, 5.74) is 1.30. The Kier molecular flexibility index (Phi) is 4.65. The Labute approximate surface area is 149 Å². The predicted molar refractivity (Wildman–Crippen MR) is 97.0 cm³/mol. The van der Waals surface area contributed by atoms with Crippen LogP contribution in [0.15, 0.2) is 0 Å². The molecule has 5 heteroatoms. The maximum absolute atomic E-state index is 12.6. The molecule has 1 saturated heterocycles. The highest BCUT2D eigenvalue weighted by Gasteiger charge is 2.47. The van der Waals surface area contributed by atoms with Gasteiger partial charge in [0.15, 0.2) is 0 Å². The van der Waals surface area contributed by atoms with E-state index in [1.165, 1.54) is 60.5 Å². The predicted octanol–water partition coefficient (Wildman–Crippen LogP) is 3.90. The lowest BCUT2D eigenvalue weighted by Gasteiger charge is -2.50. The third-order valence-electron chi connectivity index (χ3n) is 6.17. The first kappa shape index (κ1) is 16.5. The number of amides is 1. The first-order valence-corrected chi connectivity index (χ1v) is 10.4. The molecular formula is C19H29N3OS. The van der Waals surface area contributed by atoms with Gasteiger partial charge in [0.05, 0.1) is 23.3 Å². The first-order chi connectivity index (χ1) is 11.6. The van der Waals surface area contributed by atoms with Crippen LogP contribution in [-0.4, -0.2) is 40.4 Å². The van der Waals surface area contributed by atoms with Gasteiger partial charge in [0.2, 0.25) is 5.91 Å². The van der Waals surface area contributed by atoms with E-state index < -0.39 is 0 Å². The molecule has 0 radical (unpaired) electrons. The molecule has 132 valence electrons. The Hall–Kier alpha value is -0.940. The molecule has 1 aliphatic heterocycles. The quantitative estimate of drug-likeness (QED) is 0.778. The van der Waals surface area contributed by atoms with Crippen molar-refractivity contribution in [1.29, 1.82) is 0 Å². The summed E-state index contributed by atoms with van der Waals surface area (Å²) in [4.78, 5) is 23.3. The molecular weight excluding hydrogens is 318 g/mol. The van der Waals surface area contributed by atoms with E-state index in [1.54, 1.807) is 0 Å².